The molecule has 1 fully saturated rings. The normalized spacial score (nSPS) is 24.7. The number of nitrogens with one attached hydrogen (secondary N) is 1. The Bertz CT molecular complexity index is 547. The van der Waals surface area contributed by atoms with Crippen molar-refractivity contribution in [3.63, 3.8) is 0 Å². The number of rotatable bonds is 3. The highest BCUT2D eigenvalue weighted by Crippen LogP contribution is 2.38. The minimum atomic E-state index is -0.171. The van der Waals surface area contributed by atoms with E-state index >= 15 is 0 Å². The number of fused-ring (bicyclic) bond motifs is 1. The summed E-state index contributed by atoms with van der Waals surface area (Å²) in [4.78, 5) is 11.4. The quantitative estimate of drug-likeness (QED) is 0.832. The van der Waals surface area contributed by atoms with Crippen LogP contribution in [-0.2, 0) is 9.53 Å². The van der Waals surface area contributed by atoms with E-state index in [-0.39, 0.29) is 24.7 Å². The maximum absolute atomic E-state index is 11.4. The van der Waals surface area contributed by atoms with Crippen molar-refractivity contribution in [2.45, 2.75) is 37.9 Å². The van der Waals surface area contributed by atoms with Crippen molar-refractivity contribution in [3.05, 3.63) is 12.1 Å². The molecule has 2 atom stereocenters. The topological polar surface area (TPSA) is 82.8 Å². The van der Waals surface area contributed by atoms with Gasteiger partial charge in [-0.2, -0.15) is 0 Å². The maximum atomic E-state index is 11.4. The van der Waals surface area contributed by atoms with Crippen LogP contribution in [0.1, 0.15) is 25.7 Å². The second-order valence-corrected chi connectivity index (χ2v) is 5.49. The van der Waals surface area contributed by atoms with E-state index in [0.717, 1.165) is 25.7 Å². The van der Waals surface area contributed by atoms with Crippen LogP contribution in [0.5, 0.6) is 11.5 Å². The van der Waals surface area contributed by atoms with E-state index in [4.69, 9.17) is 19.9 Å². The first-order chi connectivity index (χ1) is 10.2. The van der Waals surface area contributed by atoms with Gasteiger partial charge >= 0.3 is 0 Å². The first-order valence-electron chi connectivity index (χ1n) is 7.21. The van der Waals surface area contributed by atoms with Crippen LogP contribution in [0, 0.1) is 0 Å². The summed E-state index contributed by atoms with van der Waals surface area (Å²) in [6.45, 7) is 0.0186. The van der Waals surface area contributed by atoms with Crippen LogP contribution in [0.3, 0.4) is 0 Å². The number of benzene rings is 1. The summed E-state index contributed by atoms with van der Waals surface area (Å²) < 4.78 is 16.7. The lowest BCUT2D eigenvalue weighted by Crippen LogP contribution is -2.30. The number of carbonyl (C=O) groups excluding carboxylic acids is 1. The molecule has 1 aromatic carbocycles. The van der Waals surface area contributed by atoms with Crippen LogP contribution < -0.4 is 20.5 Å². The molecule has 1 aromatic rings. The Morgan fingerprint density at radius 2 is 2.14 bits per heavy atom. The first-order valence-corrected chi connectivity index (χ1v) is 7.21. The second kappa shape index (κ2) is 5.81. The molecule has 6 nitrogen and oxygen atoms in total. The van der Waals surface area contributed by atoms with Crippen molar-refractivity contribution in [1.29, 1.82) is 0 Å². The van der Waals surface area contributed by atoms with E-state index in [1.807, 2.05) is 0 Å². The molecule has 1 heterocycles. The monoisotopic (exact) mass is 292 g/mol. The molecule has 6 heteroatoms. The van der Waals surface area contributed by atoms with Crippen LogP contribution in [0.15, 0.2) is 12.1 Å². The molecule has 0 saturated heterocycles. The highest BCUT2D eigenvalue weighted by atomic mass is 16.5. The standard InChI is InChI=1S/C15H20N2O4/c1-19-9-3-2-4-10(5-9)21-13-7-12-14(6-11(13)16)20-8-15(18)17-12/h6-7,9-10H,2-5,8,16H2,1H3,(H,17,18). The number of carbonyl (C=O) groups is 1. The molecular formula is C15H20N2O4. The number of anilines is 2. The fourth-order valence-corrected chi connectivity index (χ4v) is 2.83. The van der Waals surface area contributed by atoms with Gasteiger partial charge in [-0.3, -0.25) is 4.79 Å². The van der Waals surface area contributed by atoms with E-state index in [2.05, 4.69) is 5.32 Å². The van der Waals surface area contributed by atoms with E-state index in [9.17, 15) is 4.79 Å². The van der Waals surface area contributed by atoms with Crippen LogP contribution in [0.4, 0.5) is 11.4 Å². The molecule has 2 aliphatic rings. The molecule has 1 aliphatic carbocycles. The SMILES string of the molecule is COC1CCCC(Oc2cc3c(cc2N)OCC(=O)N3)C1. The van der Waals surface area contributed by atoms with Crippen molar-refractivity contribution in [2.24, 2.45) is 0 Å². The summed E-state index contributed by atoms with van der Waals surface area (Å²) in [6, 6.07) is 3.43. The molecule has 0 aromatic heterocycles. The zero-order valence-corrected chi connectivity index (χ0v) is 12.1. The average molecular weight is 292 g/mol. The lowest BCUT2D eigenvalue weighted by Gasteiger charge is -2.29. The van der Waals surface area contributed by atoms with Crippen LogP contribution in [-0.4, -0.2) is 31.8 Å². The number of hydrogen-bond acceptors (Lipinski definition) is 5. The summed E-state index contributed by atoms with van der Waals surface area (Å²) in [6.07, 6.45) is 4.32. The minimum Gasteiger partial charge on any atom is -0.488 e. The number of ether oxygens (including phenoxy) is 3. The molecule has 114 valence electrons. The zero-order chi connectivity index (χ0) is 14.8. The number of amides is 1. The van der Waals surface area contributed by atoms with Crippen LogP contribution >= 0.6 is 0 Å². The van der Waals surface area contributed by atoms with Gasteiger partial charge in [0.1, 0.15) is 17.6 Å². The average Bonchev–Trinajstić information content (AvgIpc) is 2.49. The third-order valence-electron chi connectivity index (χ3n) is 3.95. The van der Waals surface area contributed by atoms with Crippen LogP contribution in [0.2, 0.25) is 0 Å². The Balaban J connectivity index is 1.76. The lowest BCUT2D eigenvalue weighted by atomic mass is 9.95. The van der Waals surface area contributed by atoms with E-state index in [1.54, 1.807) is 19.2 Å². The van der Waals surface area contributed by atoms with Gasteiger partial charge in [0.25, 0.3) is 5.91 Å². The predicted octanol–water partition coefficient (Wildman–Crippen LogP) is 1.94. The van der Waals surface area contributed by atoms with Gasteiger partial charge in [0.2, 0.25) is 0 Å². The Hall–Kier alpha value is -1.95. The predicted molar refractivity (Wildman–Crippen MR) is 78.7 cm³/mol. The van der Waals surface area contributed by atoms with Gasteiger partial charge in [0, 0.05) is 25.7 Å². The summed E-state index contributed by atoms with van der Waals surface area (Å²) in [5.74, 6) is 0.995. The number of nitrogen functional groups attached to an aromatic ring is 1. The number of nitrogens with two attached hydrogens (primary N) is 1. The highest BCUT2D eigenvalue weighted by Gasteiger charge is 2.25. The Morgan fingerprint density at radius 1 is 1.33 bits per heavy atom. The van der Waals surface area contributed by atoms with E-state index in [0.29, 0.717) is 22.9 Å². The van der Waals surface area contributed by atoms with Crippen molar-refractivity contribution in [3.8, 4) is 11.5 Å². The van der Waals surface area contributed by atoms with E-state index in [1.165, 1.54) is 0 Å². The lowest BCUT2D eigenvalue weighted by molar-refractivity contribution is -0.118. The van der Waals surface area contributed by atoms with Crippen LogP contribution in [0.25, 0.3) is 0 Å². The van der Waals surface area contributed by atoms with E-state index < -0.39 is 0 Å². The van der Waals surface area contributed by atoms with Gasteiger partial charge in [-0.15, -0.1) is 0 Å². The molecule has 1 aliphatic heterocycles. The molecule has 0 radical (unpaired) electrons. The Kier molecular flexibility index (Phi) is 3.88. The van der Waals surface area contributed by atoms with Gasteiger partial charge < -0.3 is 25.3 Å². The molecule has 1 saturated carbocycles. The minimum absolute atomic E-state index is 0.0186. The van der Waals surface area contributed by atoms with Gasteiger partial charge in [-0.05, 0) is 19.3 Å². The molecule has 0 spiro atoms. The molecule has 3 rings (SSSR count). The molecule has 1 amide bonds. The molecule has 21 heavy (non-hydrogen) atoms. The largest absolute Gasteiger partial charge is 0.488 e. The molecule has 2 unspecified atom stereocenters. The fraction of sp³-hybridized carbons (Fsp3) is 0.533. The van der Waals surface area contributed by atoms with Crippen molar-refractivity contribution >= 4 is 17.3 Å². The Labute approximate surface area is 123 Å². The number of methoxy groups -OCH3 is 1. The van der Waals surface area contributed by atoms with Gasteiger partial charge in [-0.1, -0.05) is 0 Å². The summed E-state index contributed by atoms with van der Waals surface area (Å²) in [5.41, 5.74) is 7.14. The zero-order valence-electron chi connectivity index (χ0n) is 12.1. The van der Waals surface area contributed by atoms with Gasteiger partial charge in [-0.25, -0.2) is 0 Å². The molecule has 3 N–H and O–H groups in total. The molecule has 0 bridgehead atoms. The summed E-state index contributed by atoms with van der Waals surface area (Å²) in [7, 11) is 1.73. The third kappa shape index (κ3) is 3.05. The Morgan fingerprint density at radius 3 is 2.95 bits per heavy atom. The highest BCUT2D eigenvalue weighted by molar-refractivity contribution is 5.96. The maximum Gasteiger partial charge on any atom is 0.262 e. The summed E-state index contributed by atoms with van der Waals surface area (Å²) >= 11 is 0. The third-order valence-corrected chi connectivity index (χ3v) is 3.95. The van der Waals surface area contributed by atoms with Crippen molar-refractivity contribution in [2.75, 3.05) is 24.8 Å². The van der Waals surface area contributed by atoms with Crippen molar-refractivity contribution < 1.29 is 19.0 Å². The second-order valence-electron chi connectivity index (χ2n) is 5.49. The van der Waals surface area contributed by atoms with Gasteiger partial charge in [0.15, 0.2) is 6.61 Å². The molecular weight excluding hydrogens is 272 g/mol. The van der Waals surface area contributed by atoms with Crippen molar-refractivity contribution in [1.82, 2.24) is 0 Å². The van der Waals surface area contributed by atoms with Gasteiger partial charge in [0.05, 0.1) is 17.5 Å². The smallest absolute Gasteiger partial charge is 0.262 e. The number of hydrogen-bond donors (Lipinski definition) is 2. The first kappa shape index (κ1) is 14.0. The summed E-state index contributed by atoms with van der Waals surface area (Å²) in [5, 5.41) is 2.76. The fourth-order valence-electron chi connectivity index (χ4n) is 2.83.